The van der Waals surface area contributed by atoms with Crippen LogP contribution in [0, 0.1) is 0 Å². The van der Waals surface area contributed by atoms with Crippen molar-refractivity contribution in [1.82, 2.24) is 5.32 Å². The Kier molecular flexibility index (Phi) is 5.12. The zero-order valence-electron chi connectivity index (χ0n) is 11.1. The summed E-state index contributed by atoms with van der Waals surface area (Å²) < 4.78 is 38.9. The molecule has 7 heteroatoms. The van der Waals surface area contributed by atoms with E-state index in [-0.39, 0.29) is 30.1 Å². The molecule has 0 heterocycles. The molecule has 0 aromatic heterocycles. The lowest BCUT2D eigenvalue weighted by molar-refractivity contribution is -0.137. The second kappa shape index (κ2) is 6.40. The van der Waals surface area contributed by atoms with Crippen LogP contribution in [0.15, 0.2) is 18.2 Å². The summed E-state index contributed by atoms with van der Waals surface area (Å²) in [6.45, 7) is 0.142. The number of benzene rings is 1. The molecule has 0 spiro atoms. The van der Waals surface area contributed by atoms with Gasteiger partial charge < -0.3 is 10.2 Å². The van der Waals surface area contributed by atoms with Gasteiger partial charge in [-0.25, -0.2) is 0 Å². The molecule has 1 rings (SSSR count). The third-order valence-corrected chi connectivity index (χ3v) is 2.83. The molecular formula is C13H15F3N2O2. The highest BCUT2D eigenvalue weighted by Gasteiger charge is 2.34. The van der Waals surface area contributed by atoms with Crippen molar-refractivity contribution in [2.24, 2.45) is 0 Å². The molecule has 4 nitrogen and oxygen atoms in total. The van der Waals surface area contributed by atoms with Crippen molar-refractivity contribution in [3.63, 3.8) is 0 Å². The van der Waals surface area contributed by atoms with Gasteiger partial charge in [-0.1, -0.05) is 0 Å². The molecule has 0 unspecified atom stereocenters. The van der Waals surface area contributed by atoms with Crippen LogP contribution in [0.1, 0.15) is 22.3 Å². The van der Waals surface area contributed by atoms with Gasteiger partial charge in [-0.3, -0.25) is 9.59 Å². The van der Waals surface area contributed by atoms with Gasteiger partial charge in [-0.2, -0.15) is 13.2 Å². The minimum atomic E-state index is -4.56. The Bertz CT molecular complexity index is 501. The van der Waals surface area contributed by atoms with Crippen molar-refractivity contribution >= 4 is 17.9 Å². The summed E-state index contributed by atoms with van der Waals surface area (Å²) >= 11 is 0. The SMILES string of the molecule is CNC(=O)CCN(C)c1ccc(C=O)cc1C(F)(F)F. The van der Waals surface area contributed by atoms with Gasteiger partial charge in [0.15, 0.2) is 0 Å². The van der Waals surface area contributed by atoms with Crippen molar-refractivity contribution in [3.05, 3.63) is 29.3 Å². The third-order valence-electron chi connectivity index (χ3n) is 2.83. The maximum atomic E-state index is 13.0. The van der Waals surface area contributed by atoms with E-state index in [4.69, 9.17) is 0 Å². The molecule has 20 heavy (non-hydrogen) atoms. The van der Waals surface area contributed by atoms with Gasteiger partial charge in [0.2, 0.25) is 5.91 Å². The fraction of sp³-hybridized carbons (Fsp3) is 0.385. The van der Waals surface area contributed by atoms with Gasteiger partial charge in [0, 0.05) is 38.3 Å². The molecule has 0 saturated heterocycles. The number of alkyl halides is 3. The van der Waals surface area contributed by atoms with E-state index in [0.717, 1.165) is 6.07 Å². The number of hydrogen-bond acceptors (Lipinski definition) is 3. The highest BCUT2D eigenvalue weighted by Crippen LogP contribution is 2.36. The number of anilines is 1. The minimum absolute atomic E-state index is 0.0409. The molecule has 0 atom stereocenters. The number of nitrogens with zero attached hydrogens (tertiary/aromatic N) is 1. The van der Waals surface area contributed by atoms with E-state index in [0.29, 0.717) is 6.29 Å². The Morgan fingerprint density at radius 3 is 2.55 bits per heavy atom. The lowest BCUT2D eigenvalue weighted by atomic mass is 10.1. The molecule has 0 aliphatic rings. The summed E-state index contributed by atoms with van der Waals surface area (Å²) in [7, 11) is 2.93. The number of amides is 1. The summed E-state index contributed by atoms with van der Waals surface area (Å²) in [5.74, 6) is -0.255. The van der Waals surface area contributed by atoms with Crippen molar-refractivity contribution in [2.45, 2.75) is 12.6 Å². The van der Waals surface area contributed by atoms with Crippen molar-refractivity contribution in [2.75, 3.05) is 25.5 Å². The Hall–Kier alpha value is -2.05. The highest BCUT2D eigenvalue weighted by atomic mass is 19.4. The quantitative estimate of drug-likeness (QED) is 0.844. The largest absolute Gasteiger partial charge is 0.418 e. The van der Waals surface area contributed by atoms with Gasteiger partial charge in [-0.15, -0.1) is 0 Å². The van der Waals surface area contributed by atoms with Gasteiger partial charge >= 0.3 is 6.18 Å². The first-order chi connectivity index (χ1) is 9.29. The van der Waals surface area contributed by atoms with Crippen molar-refractivity contribution < 1.29 is 22.8 Å². The van der Waals surface area contributed by atoms with Crippen LogP contribution >= 0.6 is 0 Å². The molecule has 0 saturated carbocycles. The molecule has 110 valence electrons. The Morgan fingerprint density at radius 2 is 2.05 bits per heavy atom. The number of rotatable bonds is 5. The number of carbonyl (C=O) groups excluding carboxylic acids is 2. The number of nitrogens with one attached hydrogen (secondary N) is 1. The average Bonchev–Trinajstić information content (AvgIpc) is 2.42. The van der Waals surface area contributed by atoms with E-state index in [1.54, 1.807) is 0 Å². The minimum Gasteiger partial charge on any atom is -0.374 e. The summed E-state index contributed by atoms with van der Waals surface area (Å²) in [4.78, 5) is 23.1. The summed E-state index contributed by atoms with van der Waals surface area (Å²) in [6.07, 6.45) is -4.11. The van der Waals surface area contributed by atoms with Crippen LogP contribution in [0.5, 0.6) is 0 Å². The Labute approximate surface area is 114 Å². The molecule has 0 aliphatic carbocycles. The van der Waals surface area contributed by atoms with Crippen molar-refractivity contribution in [1.29, 1.82) is 0 Å². The molecule has 1 aromatic carbocycles. The molecule has 1 N–H and O–H groups in total. The molecule has 0 aliphatic heterocycles. The second-order valence-electron chi connectivity index (χ2n) is 4.24. The van der Waals surface area contributed by atoms with E-state index in [2.05, 4.69) is 5.32 Å². The lowest BCUT2D eigenvalue weighted by Crippen LogP contribution is -2.28. The van der Waals surface area contributed by atoms with E-state index < -0.39 is 11.7 Å². The predicted molar refractivity (Wildman–Crippen MR) is 68.8 cm³/mol. The van der Waals surface area contributed by atoms with Crippen LogP contribution in [0.3, 0.4) is 0 Å². The molecule has 0 bridgehead atoms. The lowest BCUT2D eigenvalue weighted by Gasteiger charge is -2.23. The third kappa shape index (κ3) is 3.97. The first-order valence-electron chi connectivity index (χ1n) is 5.87. The van der Waals surface area contributed by atoms with E-state index in [1.165, 1.54) is 31.1 Å². The fourth-order valence-electron chi connectivity index (χ4n) is 1.70. The van der Waals surface area contributed by atoms with Gasteiger partial charge in [0.05, 0.1) is 5.56 Å². The summed E-state index contributed by atoms with van der Waals surface area (Å²) in [6, 6.07) is 3.35. The van der Waals surface area contributed by atoms with Crippen molar-refractivity contribution in [3.8, 4) is 0 Å². The maximum absolute atomic E-state index is 13.0. The Morgan fingerprint density at radius 1 is 1.40 bits per heavy atom. The molecule has 0 fully saturated rings. The highest BCUT2D eigenvalue weighted by molar-refractivity contribution is 5.78. The van der Waals surface area contributed by atoms with Crippen LogP contribution in [0.2, 0.25) is 0 Å². The predicted octanol–water partition coefficient (Wildman–Crippen LogP) is 2.09. The van der Waals surface area contributed by atoms with Gasteiger partial charge in [-0.05, 0) is 18.2 Å². The number of carbonyl (C=O) groups is 2. The first-order valence-corrected chi connectivity index (χ1v) is 5.87. The van der Waals surface area contributed by atoms with E-state index in [9.17, 15) is 22.8 Å². The zero-order chi connectivity index (χ0) is 15.3. The molecule has 1 amide bonds. The smallest absolute Gasteiger partial charge is 0.374 e. The van der Waals surface area contributed by atoms with Gasteiger partial charge in [0.25, 0.3) is 0 Å². The zero-order valence-corrected chi connectivity index (χ0v) is 11.1. The standard InChI is InChI=1S/C13H15F3N2O2/c1-17-12(20)5-6-18(2)11-4-3-9(8-19)7-10(11)13(14,15)16/h3-4,7-8H,5-6H2,1-2H3,(H,17,20). The van der Waals surface area contributed by atoms with Crippen LogP contribution in [-0.2, 0) is 11.0 Å². The monoisotopic (exact) mass is 288 g/mol. The topological polar surface area (TPSA) is 49.4 Å². The normalized spacial score (nSPS) is 11.1. The first kappa shape index (κ1) is 16.0. The molecule has 1 aromatic rings. The summed E-state index contributed by atoms with van der Waals surface area (Å²) in [5, 5.41) is 2.40. The van der Waals surface area contributed by atoms with Crippen LogP contribution < -0.4 is 10.2 Å². The average molecular weight is 288 g/mol. The van der Waals surface area contributed by atoms with Gasteiger partial charge in [0.1, 0.15) is 6.29 Å². The number of hydrogen-bond donors (Lipinski definition) is 1. The van der Waals surface area contributed by atoms with E-state index in [1.807, 2.05) is 0 Å². The fourth-order valence-corrected chi connectivity index (χ4v) is 1.70. The molecular weight excluding hydrogens is 273 g/mol. The number of halogens is 3. The van der Waals surface area contributed by atoms with Crippen LogP contribution in [0.25, 0.3) is 0 Å². The summed E-state index contributed by atoms with van der Waals surface area (Å²) in [5.41, 5.74) is -0.991. The number of aldehydes is 1. The Balaban J connectivity index is 3.04. The van der Waals surface area contributed by atoms with Crippen LogP contribution in [-0.4, -0.2) is 32.8 Å². The second-order valence-corrected chi connectivity index (χ2v) is 4.24. The maximum Gasteiger partial charge on any atom is 0.418 e. The van der Waals surface area contributed by atoms with E-state index >= 15 is 0 Å². The molecule has 0 radical (unpaired) electrons. The van der Waals surface area contributed by atoms with Crippen LogP contribution in [0.4, 0.5) is 18.9 Å².